The predicted molar refractivity (Wildman–Crippen MR) is 79.3 cm³/mol. The topological polar surface area (TPSA) is 64.4 Å². The molecule has 1 aliphatic rings. The van der Waals surface area contributed by atoms with E-state index in [-0.39, 0.29) is 11.8 Å². The zero-order valence-electron chi connectivity index (χ0n) is 12.3. The Bertz CT molecular complexity index is 468. The first-order valence-electron chi connectivity index (χ1n) is 7.25. The number of hydrogen-bond donors (Lipinski definition) is 2. The molecule has 1 aliphatic heterocycles. The van der Waals surface area contributed by atoms with Crippen LogP contribution in [-0.4, -0.2) is 25.2 Å². The van der Waals surface area contributed by atoms with Crippen molar-refractivity contribution >= 4 is 5.91 Å². The monoisotopic (exact) mass is 276 g/mol. The number of benzene rings is 1. The molecule has 4 heteroatoms. The minimum absolute atomic E-state index is 0.0584. The van der Waals surface area contributed by atoms with Gasteiger partial charge >= 0.3 is 0 Å². The molecule has 1 aromatic rings. The number of carbonyl (C=O) groups is 1. The normalized spacial score (nSPS) is 17.8. The van der Waals surface area contributed by atoms with Crippen LogP contribution in [-0.2, 0) is 16.1 Å². The summed E-state index contributed by atoms with van der Waals surface area (Å²) in [6.45, 7) is 6.09. The van der Waals surface area contributed by atoms with Crippen LogP contribution in [0.1, 0.15) is 29.5 Å². The number of rotatable bonds is 4. The second-order valence-electron chi connectivity index (χ2n) is 5.62. The number of amides is 1. The fourth-order valence-corrected chi connectivity index (χ4v) is 2.63. The first-order valence-corrected chi connectivity index (χ1v) is 7.25. The number of nitrogens with two attached hydrogens (primary N) is 1. The van der Waals surface area contributed by atoms with Gasteiger partial charge in [0.25, 0.3) is 0 Å². The van der Waals surface area contributed by atoms with Crippen LogP contribution >= 0.6 is 0 Å². The van der Waals surface area contributed by atoms with Gasteiger partial charge in [-0.1, -0.05) is 23.8 Å². The summed E-state index contributed by atoms with van der Waals surface area (Å²) in [6.07, 6.45) is 1.75. The van der Waals surface area contributed by atoms with Crippen LogP contribution < -0.4 is 11.1 Å². The molecule has 0 aromatic heterocycles. The van der Waals surface area contributed by atoms with Crippen molar-refractivity contribution in [3.63, 3.8) is 0 Å². The van der Waals surface area contributed by atoms with Crippen LogP contribution in [0.4, 0.5) is 0 Å². The number of nitrogens with one attached hydrogen (secondary N) is 1. The van der Waals surface area contributed by atoms with E-state index in [4.69, 9.17) is 10.5 Å². The predicted octanol–water partition coefficient (Wildman–Crippen LogP) is 1.67. The molecule has 1 saturated heterocycles. The lowest BCUT2D eigenvalue weighted by Gasteiger charge is -2.26. The average Bonchev–Trinajstić information content (AvgIpc) is 2.46. The van der Waals surface area contributed by atoms with E-state index in [1.54, 1.807) is 0 Å². The Morgan fingerprint density at radius 3 is 2.75 bits per heavy atom. The van der Waals surface area contributed by atoms with E-state index in [9.17, 15) is 4.79 Å². The highest BCUT2D eigenvalue weighted by Crippen LogP contribution is 2.18. The standard InChI is InChI=1S/C16H24N2O2/c1-11-3-4-14(12(2)9-11)10-18-16(19)15(17)13-5-7-20-8-6-13/h3-4,9,13,15H,5-8,10,17H2,1-2H3,(H,18,19). The number of ether oxygens (including phenoxy) is 1. The Morgan fingerprint density at radius 2 is 2.10 bits per heavy atom. The van der Waals surface area contributed by atoms with Crippen molar-refractivity contribution < 1.29 is 9.53 Å². The van der Waals surface area contributed by atoms with E-state index >= 15 is 0 Å². The van der Waals surface area contributed by atoms with Crippen molar-refractivity contribution in [1.29, 1.82) is 0 Å². The number of carbonyl (C=O) groups excluding carboxylic acids is 1. The molecule has 3 N–H and O–H groups in total. The molecule has 0 aliphatic carbocycles. The summed E-state index contributed by atoms with van der Waals surface area (Å²) in [5.74, 6) is 0.180. The van der Waals surface area contributed by atoms with Crippen LogP contribution in [0.3, 0.4) is 0 Å². The van der Waals surface area contributed by atoms with Crippen molar-refractivity contribution in [3.8, 4) is 0 Å². The summed E-state index contributed by atoms with van der Waals surface area (Å²) in [7, 11) is 0. The van der Waals surface area contributed by atoms with Crippen LogP contribution in [0.15, 0.2) is 18.2 Å². The highest BCUT2D eigenvalue weighted by Gasteiger charge is 2.26. The van der Waals surface area contributed by atoms with Gasteiger partial charge in [-0.3, -0.25) is 4.79 Å². The molecule has 20 heavy (non-hydrogen) atoms. The molecular formula is C16H24N2O2. The molecule has 4 nitrogen and oxygen atoms in total. The number of hydrogen-bond acceptors (Lipinski definition) is 3. The van der Waals surface area contributed by atoms with Gasteiger partial charge in [0, 0.05) is 19.8 Å². The minimum Gasteiger partial charge on any atom is -0.381 e. The number of aryl methyl sites for hydroxylation is 2. The SMILES string of the molecule is Cc1ccc(CNC(=O)C(N)C2CCOCC2)c(C)c1. The molecule has 2 rings (SSSR count). The largest absolute Gasteiger partial charge is 0.381 e. The summed E-state index contributed by atoms with van der Waals surface area (Å²) in [5.41, 5.74) is 9.62. The van der Waals surface area contributed by atoms with Crippen LogP contribution in [0, 0.1) is 19.8 Å². The van der Waals surface area contributed by atoms with E-state index in [2.05, 4.69) is 37.4 Å². The first kappa shape index (κ1) is 15.0. The highest BCUT2D eigenvalue weighted by molar-refractivity contribution is 5.81. The highest BCUT2D eigenvalue weighted by atomic mass is 16.5. The van der Waals surface area contributed by atoms with E-state index in [0.29, 0.717) is 19.8 Å². The zero-order chi connectivity index (χ0) is 14.5. The summed E-state index contributed by atoms with van der Waals surface area (Å²) >= 11 is 0. The first-order chi connectivity index (χ1) is 9.58. The van der Waals surface area contributed by atoms with Gasteiger partial charge in [0.2, 0.25) is 5.91 Å². The van der Waals surface area contributed by atoms with E-state index < -0.39 is 6.04 Å². The van der Waals surface area contributed by atoms with E-state index in [1.165, 1.54) is 11.1 Å². The quantitative estimate of drug-likeness (QED) is 0.879. The third kappa shape index (κ3) is 3.81. The third-order valence-electron chi connectivity index (χ3n) is 4.03. The van der Waals surface area contributed by atoms with Gasteiger partial charge in [-0.05, 0) is 43.7 Å². The lowest BCUT2D eigenvalue weighted by molar-refractivity contribution is -0.124. The maximum absolute atomic E-state index is 12.1. The molecule has 110 valence electrons. The van der Waals surface area contributed by atoms with Gasteiger partial charge in [0.1, 0.15) is 0 Å². The van der Waals surface area contributed by atoms with Crippen molar-refractivity contribution in [3.05, 3.63) is 34.9 Å². The lowest BCUT2D eigenvalue weighted by Crippen LogP contribution is -2.46. The van der Waals surface area contributed by atoms with Crippen molar-refractivity contribution in [2.75, 3.05) is 13.2 Å². The Morgan fingerprint density at radius 1 is 1.40 bits per heavy atom. The summed E-state index contributed by atoms with van der Waals surface area (Å²) < 4.78 is 5.30. The fourth-order valence-electron chi connectivity index (χ4n) is 2.63. The van der Waals surface area contributed by atoms with Crippen LogP contribution in [0.25, 0.3) is 0 Å². The molecule has 1 amide bonds. The van der Waals surface area contributed by atoms with Crippen LogP contribution in [0.2, 0.25) is 0 Å². The Kier molecular flexibility index (Phi) is 5.15. The summed E-state index contributed by atoms with van der Waals surface area (Å²) in [6, 6.07) is 5.82. The molecule has 1 aromatic carbocycles. The van der Waals surface area contributed by atoms with Gasteiger partial charge < -0.3 is 15.8 Å². The third-order valence-corrected chi connectivity index (χ3v) is 4.03. The van der Waals surface area contributed by atoms with Gasteiger partial charge in [0.15, 0.2) is 0 Å². The Hall–Kier alpha value is -1.39. The second-order valence-corrected chi connectivity index (χ2v) is 5.62. The minimum atomic E-state index is -0.426. The molecule has 1 fully saturated rings. The van der Waals surface area contributed by atoms with Crippen molar-refractivity contribution in [1.82, 2.24) is 5.32 Å². The maximum atomic E-state index is 12.1. The van der Waals surface area contributed by atoms with Crippen molar-refractivity contribution in [2.45, 2.75) is 39.3 Å². The summed E-state index contributed by atoms with van der Waals surface area (Å²) in [4.78, 5) is 12.1. The van der Waals surface area contributed by atoms with Gasteiger partial charge in [-0.2, -0.15) is 0 Å². The average molecular weight is 276 g/mol. The molecule has 1 heterocycles. The van der Waals surface area contributed by atoms with Crippen molar-refractivity contribution in [2.24, 2.45) is 11.7 Å². The van der Waals surface area contributed by atoms with Crippen LogP contribution in [0.5, 0.6) is 0 Å². The molecular weight excluding hydrogens is 252 g/mol. The second kappa shape index (κ2) is 6.86. The van der Waals surface area contributed by atoms with E-state index in [1.807, 2.05) is 0 Å². The molecule has 1 unspecified atom stereocenters. The lowest BCUT2D eigenvalue weighted by atomic mass is 9.92. The zero-order valence-corrected chi connectivity index (χ0v) is 12.3. The Balaban J connectivity index is 1.87. The molecule has 0 bridgehead atoms. The Labute approximate surface area is 120 Å². The maximum Gasteiger partial charge on any atom is 0.237 e. The fraction of sp³-hybridized carbons (Fsp3) is 0.562. The summed E-state index contributed by atoms with van der Waals surface area (Å²) in [5, 5.41) is 2.95. The van der Waals surface area contributed by atoms with Gasteiger partial charge in [0.05, 0.1) is 6.04 Å². The van der Waals surface area contributed by atoms with E-state index in [0.717, 1.165) is 18.4 Å². The molecule has 1 atom stereocenters. The molecule has 0 saturated carbocycles. The van der Waals surface area contributed by atoms with Gasteiger partial charge in [-0.15, -0.1) is 0 Å². The molecule has 0 spiro atoms. The molecule has 0 radical (unpaired) electrons. The smallest absolute Gasteiger partial charge is 0.237 e. The van der Waals surface area contributed by atoms with Gasteiger partial charge in [-0.25, -0.2) is 0 Å².